The fourth-order valence-electron chi connectivity index (χ4n) is 1.77. The molecule has 0 bridgehead atoms. The Morgan fingerprint density at radius 1 is 1.17 bits per heavy atom. The molecule has 24 heavy (non-hydrogen) atoms. The fourth-order valence-corrected chi connectivity index (χ4v) is 1.77. The number of hydrogen-bond donors (Lipinski definition) is 0. The maximum Gasteiger partial charge on any atom is 0.509 e. The fraction of sp³-hybridized carbons (Fsp3) is 0.412. The molecule has 0 saturated heterocycles. The van der Waals surface area contributed by atoms with Gasteiger partial charge in [-0.2, -0.15) is 13.2 Å². The number of rotatable bonds is 4. The van der Waals surface area contributed by atoms with Crippen LogP contribution in [-0.4, -0.2) is 17.5 Å². The zero-order valence-corrected chi connectivity index (χ0v) is 13.9. The van der Waals surface area contributed by atoms with E-state index in [0.717, 1.165) is 18.2 Å². The zero-order chi connectivity index (χ0) is 18.7. The van der Waals surface area contributed by atoms with E-state index in [1.165, 1.54) is 13.0 Å². The molecule has 0 aromatic heterocycles. The van der Waals surface area contributed by atoms with Crippen LogP contribution in [0.5, 0.6) is 0 Å². The van der Waals surface area contributed by atoms with Crippen LogP contribution in [0.4, 0.5) is 18.0 Å². The average molecular weight is 344 g/mol. The van der Waals surface area contributed by atoms with Gasteiger partial charge in [-0.25, -0.2) is 4.79 Å². The van der Waals surface area contributed by atoms with Crippen LogP contribution in [0.1, 0.15) is 44.9 Å². The van der Waals surface area contributed by atoms with Crippen LogP contribution in [0, 0.1) is 0 Å². The van der Waals surface area contributed by atoms with E-state index in [9.17, 15) is 22.8 Å². The summed E-state index contributed by atoms with van der Waals surface area (Å²) < 4.78 is 48.6. The lowest BCUT2D eigenvalue weighted by Crippen LogP contribution is -2.26. The van der Waals surface area contributed by atoms with Gasteiger partial charge in [0.15, 0.2) is 11.9 Å². The molecule has 0 N–H and O–H groups in total. The Labute approximate surface area is 138 Å². The Hall–Kier alpha value is -2.31. The van der Waals surface area contributed by atoms with Gasteiger partial charge in [-0.05, 0) is 45.4 Å². The maximum absolute atomic E-state index is 12.9. The van der Waals surface area contributed by atoms with Gasteiger partial charge in [0.25, 0.3) is 0 Å². The minimum Gasteiger partial charge on any atom is -0.429 e. The first kappa shape index (κ1) is 19.7. The van der Waals surface area contributed by atoms with Gasteiger partial charge in [0, 0.05) is 5.57 Å². The number of ether oxygens (including phenoxy) is 2. The smallest absolute Gasteiger partial charge is 0.429 e. The highest BCUT2D eigenvalue weighted by atomic mass is 19.4. The number of Topliss-reactive ketones (excluding diaryl/α,β-unsaturated/α-hetero) is 1. The van der Waals surface area contributed by atoms with Crippen molar-refractivity contribution in [1.82, 2.24) is 0 Å². The molecule has 1 rings (SSSR count). The van der Waals surface area contributed by atoms with Crippen LogP contribution in [-0.2, 0) is 20.4 Å². The molecule has 0 radical (unpaired) electrons. The van der Waals surface area contributed by atoms with Gasteiger partial charge < -0.3 is 9.47 Å². The Balaban J connectivity index is 3.18. The summed E-state index contributed by atoms with van der Waals surface area (Å²) in [5.41, 5.74) is -1.95. The van der Waals surface area contributed by atoms with Gasteiger partial charge in [-0.3, -0.25) is 4.79 Å². The predicted octanol–water partition coefficient (Wildman–Crippen LogP) is 4.84. The lowest BCUT2D eigenvalue weighted by atomic mass is 9.98. The zero-order valence-electron chi connectivity index (χ0n) is 13.9. The Morgan fingerprint density at radius 2 is 1.75 bits per heavy atom. The summed E-state index contributed by atoms with van der Waals surface area (Å²) in [6.45, 7) is 9.50. The number of ketones is 1. The largest absolute Gasteiger partial charge is 0.509 e. The number of benzene rings is 1. The maximum atomic E-state index is 12.9. The van der Waals surface area contributed by atoms with E-state index in [1.54, 1.807) is 20.8 Å². The Kier molecular flexibility index (Phi) is 5.81. The quantitative estimate of drug-likeness (QED) is 0.579. The summed E-state index contributed by atoms with van der Waals surface area (Å²) in [6, 6.07) is 4.17. The second-order valence-corrected chi connectivity index (χ2v) is 6.17. The SMILES string of the molecule is C=C(C(C)=O)C(OC(=O)OC(C)(C)C)c1cccc(C(F)(F)F)c1. The first-order valence-corrected chi connectivity index (χ1v) is 7.08. The average Bonchev–Trinajstić information content (AvgIpc) is 2.41. The van der Waals surface area contributed by atoms with Crippen molar-refractivity contribution in [2.24, 2.45) is 0 Å². The Bertz CT molecular complexity index is 642. The lowest BCUT2D eigenvalue weighted by Gasteiger charge is -2.24. The number of hydrogen-bond acceptors (Lipinski definition) is 4. The molecule has 0 heterocycles. The summed E-state index contributed by atoms with van der Waals surface area (Å²) >= 11 is 0. The molecule has 132 valence electrons. The van der Waals surface area contributed by atoms with Crippen molar-refractivity contribution in [2.45, 2.75) is 45.6 Å². The van der Waals surface area contributed by atoms with E-state index in [-0.39, 0.29) is 11.1 Å². The third-order valence-corrected chi connectivity index (χ3v) is 2.89. The lowest BCUT2D eigenvalue weighted by molar-refractivity contribution is -0.137. The minimum atomic E-state index is -4.57. The normalized spacial score (nSPS) is 13.1. The molecule has 0 aliphatic heterocycles. The monoisotopic (exact) mass is 344 g/mol. The first-order chi connectivity index (χ1) is 10.8. The van der Waals surface area contributed by atoms with Crippen LogP contribution in [0.2, 0.25) is 0 Å². The third-order valence-electron chi connectivity index (χ3n) is 2.89. The van der Waals surface area contributed by atoms with Crippen molar-refractivity contribution in [3.8, 4) is 0 Å². The van der Waals surface area contributed by atoms with E-state index >= 15 is 0 Å². The van der Waals surface area contributed by atoms with Crippen LogP contribution in [0.25, 0.3) is 0 Å². The highest BCUT2D eigenvalue weighted by molar-refractivity contribution is 5.94. The van der Waals surface area contributed by atoms with E-state index in [0.29, 0.717) is 0 Å². The molecular formula is C17H19F3O4. The third kappa shape index (κ3) is 5.72. The molecule has 0 saturated carbocycles. The van der Waals surface area contributed by atoms with Crippen LogP contribution in [0.15, 0.2) is 36.4 Å². The molecule has 0 spiro atoms. The second-order valence-electron chi connectivity index (χ2n) is 6.17. The summed E-state index contributed by atoms with van der Waals surface area (Å²) in [6.07, 6.45) is -7.03. The number of halogens is 3. The van der Waals surface area contributed by atoms with Crippen molar-refractivity contribution >= 4 is 11.9 Å². The van der Waals surface area contributed by atoms with Gasteiger partial charge in [0.2, 0.25) is 0 Å². The molecule has 0 amide bonds. The second kappa shape index (κ2) is 7.07. The molecule has 1 atom stereocenters. The van der Waals surface area contributed by atoms with Gasteiger partial charge in [0.1, 0.15) is 5.60 Å². The summed E-state index contributed by atoms with van der Waals surface area (Å²) in [4.78, 5) is 23.4. The topological polar surface area (TPSA) is 52.6 Å². The van der Waals surface area contributed by atoms with E-state index in [2.05, 4.69) is 6.58 Å². The van der Waals surface area contributed by atoms with Crippen LogP contribution in [0.3, 0.4) is 0 Å². The molecule has 7 heteroatoms. The van der Waals surface area contributed by atoms with Gasteiger partial charge in [-0.15, -0.1) is 0 Å². The van der Waals surface area contributed by atoms with Gasteiger partial charge in [0.05, 0.1) is 5.56 Å². The molecule has 0 aliphatic rings. The molecule has 0 fully saturated rings. The predicted molar refractivity (Wildman–Crippen MR) is 81.3 cm³/mol. The van der Waals surface area contributed by atoms with Crippen molar-refractivity contribution in [1.29, 1.82) is 0 Å². The summed E-state index contributed by atoms with van der Waals surface area (Å²) in [7, 11) is 0. The number of carbonyl (C=O) groups excluding carboxylic acids is 2. The van der Waals surface area contributed by atoms with Crippen LogP contribution < -0.4 is 0 Å². The molecule has 1 aromatic carbocycles. The molecule has 1 aromatic rings. The highest BCUT2D eigenvalue weighted by Crippen LogP contribution is 2.33. The van der Waals surface area contributed by atoms with E-state index < -0.39 is 35.4 Å². The van der Waals surface area contributed by atoms with Crippen molar-refractivity contribution in [2.75, 3.05) is 0 Å². The van der Waals surface area contributed by atoms with Gasteiger partial charge in [-0.1, -0.05) is 18.7 Å². The number of carbonyl (C=O) groups is 2. The van der Waals surface area contributed by atoms with Crippen molar-refractivity contribution < 1.29 is 32.2 Å². The Morgan fingerprint density at radius 3 is 2.21 bits per heavy atom. The van der Waals surface area contributed by atoms with E-state index in [1.807, 2.05) is 0 Å². The minimum absolute atomic E-state index is 0.0177. The van der Waals surface area contributed by atoms with Crippen LogP contribution >= 0.6 is 0 Å². The van der Waals surface area contributed by atoms with Gasteiger partial charge >= 0.3 is 12.3 Å². The summed E-state index contributed by atoms with van der Waals surface area (Å²) in [5, 5.41) is 0. The molecule has 1 unspecified atom stereocenters. The first-order valence-electron chi connectivity index (χ1n) is 7.08. The number of alkyl halides is 3. The summed E-state index contributed by atoms with van der Waals surface area (Å²) in [5.74, 6) is -0.513. The van der Waals surface area contributed by atoms with Crippen molar-refractivity contribution in [3.05, 3.63) is 47.5 Å². The van der Waals surface area contributed by atoms with E-state index in [4.69, 9.17) is 9.47 Å². The van der Waals surface area contributed by atoms with Crippen molar-refractivity contribution in [3.63, 3.8) is 0 Å². The molecule has 4 nitrogen and oxygen atoms in total. The molecular weight excluding hydrogens is 325 g/mol. The standard InChI is InChI=1S/C17H19F3O4/c1-10(11(2)21)14(23-15(22)24-16(3,4)5)12-7-6-8-13(9-12)17(18,19)20/h6-9,14H,1H2,2-5H3. The highest BCUT2D eigenvalue weighted by Gasteiger charge is 2.32. The molecule has 0 aliphatic carbocycles.